The zero-order valence-corrected chi connectivity index (χ0v) is 19.7. The lowest BCUT2D eigenvalue weighted by atomic mass is 9.96. The Bertz CT molecular complexity index is 1370. The molecule has 3 aromatic carbocycles. The van der Waals surface area contributed by atoms with Crippen LogP contribution in [0.1, 0.15) is 40.0 Å². The van der Waals surface area contributed by atoms with Gasteiger partial charge in [-0.3, -0.25) is 4.79 Å². The van der Waals surface area contributed by atoms with E-state index in [1.165, 1.54) is 18.3 Å². The SMILES string of the molecule is O=C(NCCc1ccc(-c2ccc(F)cc2)cc1)c1cnn2c1NC(c1ccccc1)CC2C(F)(F)F. The van der Waals surface area contributed by atoms with Gasteiger partial charge in [0.05, 0.1) is 12.2 Å². The molecule has 0 saturated carbocycles. The number of halogens is 4. The van der Waals surface area contributed by atoms with Crippen molar-refractivity contribution < 1.29 is 22.4 Å². The summed E-state index contributed by atoms with van der Waals surface area (Å²) in [6.45, 7) is 0.296. The number of nitrogens with one attached hydrogen (secondary N) is 2. The van der Waals surface area contributed by atoms with Crippen molar-refractivity contribution >= 4 is 11.7 Å². The molecule has 1 amide bonds. The van der Waals surface area contributed by atoms with E-state index in [2.05, 4.69) is 15.7 Å². The highest BCUT2D eigenvalue weighted by Gasteiger charge is 2.47. The van der Waals surface area contributed by atoms with E-state index in [9.17, 15) is 22.4 Å². The first-order chi connectivity index (χ1) is 17.8. The van der Waals surface area contributed by atoms with Gasteiger partial charge in [-0.25, -0.2) is 9.07 Å². The van der Waals surface area contributed by atoms with Crippen LogP contribution in [0.25, 0.3) is 11.1 Å². The number of alkyl halides is 3. The summed E-state index contributed by atoms with van der Waals surface area (Å²) in [6, 6.07) is 20.3. The lowest BCUT2D eigenvalue weighted by molar-refractivity contribution is -0.173. The molecule has 4 aromatic rings. The van der Waals surface area contributed by atoms with Gasteiger partial charge in [0.1, 0.15) is 17.2 Å². The van der Waals surface area contributed by atoms with Gasteiger partial charge in [-0.15, -0.1) is 0 Å². The molecule has 5 nitrogen and oxygen atoms in total. The molecular weight excluding hydrogens is 484 g/mol. The Hall–Kier alpha value is -4.14. The molecule has 9 heteroatoms. The van der Waals surface area contributed by atoms with E-state index in [0.717, 1.165) is 21.4 Å². The van der Waals surface area contributed by atoms with Gasteiger partial charge in [-0.2, -0.15) is 18.3 Å². The Kier molecular flexibility index (Phi) is 6.69. The van der Waals surface area contributed by atoms with Crippen molar-refractivity contribution in [3.63, 3.8) is 0 Å². The number of fused-ring (bicyclic) bond motifs is 1. The molecule has 1 aromatic heterocycles. The number of carbonyl (C=O) groups is 1. The van der Waals surface area contributed by atoms with Crippen molar-refractivity contribution in [3.8, 4) is 11.1 Å². The first-order valence-electron chi connectivity index (χ1n) is 11.9. The Labute approximate surface area is 211 Å². The van der Waals surface area contributed by atoms with Gasteiger partial charge in [-0.1, -0.05) is 66.7 Å². The molecule has 0 radical (unpaired) electrons. The van der Waals surface area contributed by atoms with E-state index in [4.69, 9.17) is 0 Å². The van der Waals surface area contributed by atoms with E-state index in [1.54, 1.807) is 42.5 Å². The summed E-state index contributed by atoms with van der Waals surface area (Å²) in [6.07, 6.45) is -3.02. The highest BCUT2D eigenvalue weighted by Crippen LogP contribution is 2.44. The van der Waals surface area contributed by atoms with Gasteiger partial charge >= 0.3 is 6.18 Å². The van der Waals surface area contributed by atoms with E-state index in [1.807, 2.05) is 24.3 Å². The average Bonchev–Trinajstić information content (AvgIpc) is 3.33. The Morgan fingerprint density at radius 2 is 1.62 bits per heavy atom. The predicted octanol–water partition coefficient (Wildman–Crippen LogP) is 6.32. The molecule has 0 spiro atoms. The molecule has 0 fully saturated rings. The maximum atomic E-state index is 13.9. The van der Waals surface area contributed by atoms with Gasteiger partial charge in [0.2, 0.25) is 0 Å². The van der Waals surface area contributed by atoms with Gasteiger partial charge in [0, 0.05) is 13.0 Å². The molecule has 0 bridgehead atoms. The fourth-order valence-electron chi connectivity index (χ4n) is 4.55. The zero-order chi connectivity index (χ0) is 26.0. The monoisotopic (exact) mass is 508 g/mol. The van der Waals surface area contributed by atoms with Crippen LogP contribution in [0.15, 0.2) is 85.1 Å². The van der Waals surface area contributed by atoms with Gasteiger partial charge in [0.15, 0.2) is 6.04 Å². The summed E-state index contributed by atoms with van der Waals surface area (Å²) in [5.74, 6) is -0.731. The van der Waals surface area contributed by atoms with Gasteiger partial charge in [0.25, 0.3) is 5.91 Å². The number of benzene rings is 3. The minimum Gasteiger partial charge on any atom is -0.363 e. The molecule has 1 aliphatic heterocycles. The second-order valence-corrected chi connectivity index (χ2v) is 8.96. The van der Waals surface area contributed by atoms with Crippen LogP contribution in [0.5, 0.6) is 0 Å². The Balaban J connectivity index is 1.26. The third-order valence-corrected chi connectivity index (χ3v) is 6.52. The number of amides is 1. The molecule has 190 valence electrons. The number of rotatable bonds is 6. The lowest BCUT2D eigenvalue weighted by Crippen LogP contribution is -2.36. The first-order valence-corrected chi connectivity index (χ1v) is 11.9. The lowest BCUT2D eigenvalue weighted by Gasteiger charge is -2.34. The van der Waals surface area contributed by atoms with Gasteiger partial charge in [-0.05, 0) is 40.8 Å². The minimum atomic E-state index is -4.51. The molecule has 2 N–H and O–H groups in total. The Morgan fingerprint density at radius 1 is 0.973 bits per heavy atom. The topological polar surface area (TPSA) is 59.0 Å². The molecule has 0 saturated heterocycles. The maximum absolute atomic E-state index is 13.9. The average molecular weight is 509 g/mol. The summed E-state index contributed by atoms with van der Waals surface area (Å²) in [4.78, 5) is 12.9. The largest absolute Gasteiger partial charge is 0.410 e. The van der Waals surface area contributed by atoms with E-state index in [-0.39, 0.29) is 23.6 Å². The van der Waals surface area contributed by atoms with Crippen molar-refractivity contribution in [1.82, 2.24) is 15.1 Å². The van der Waals surface area contributed by atoms with Crippen LogP contribution in [0.2, 0.25) is 0 Å². The van der Waals surface area contributed by atoms with Crippen LogP contribution in [0.3, 0.4) is 0 Å². The third kappa shape index (κ3) is 5.35. The number of aromatic nitrogens is 2. The molecule has 5 rings (SSSR count). The van der Waals surface area contributed by atoms with Crippen molar-refractivity contribution in [1.29, 1.82) is 0 Å². The zero-order valence-electron chi connectivity index (χ0n) is 19.7. The normalized spacial score (nSPS) is 17.1. The number of hydrogen-bond acceptors (Lipinski definition) is 3. The van der Waals surface area contributed by atoms with E-state index in [0.29, 0.717) is 18.5 Å². The molecule has 0 aliphatic carbocycles. The molecular formula is C28H24F4N4O. The Morgan fingerprint density at radius 3 is 2.27 bits per heavy atom. The standard InChI is InChI=1S/C28H24F4N4O/c29-22-12-10-20(11-13-22)19-8-6-18(7-9-19)14-15-33-27(37)23-17-34-36-25(28(30,31)32)16-24(35-26(23)36)21-4-2-1-3-5-21/h1-13,17,24-25,35H,14-16H2,(H,33,37). The minimum absolute atomic E-state index is 0.0589. The summed E-state index contributed by atoms with van der Waals surface area (Å²) >= 11 is 0. The van der Waals surface area contributed by atoms with Crippen LogP contribution in [0, 0.1) is 5.82 Å². The first kappa shape index (κ1) is 24.5. The molecule has 2 heterocycles. The fraction of sp³-hybridized carbons (Fsp3) is 0.214. The maximum Gasteiger partial charge on any atom is 0.410 e. The quantitative estimate of drug-likeness (QED) is 0.300. The van der Waals surface area contributed by atoms with Crippen LogP contribution in [-0.4, -0.2) is 28.4 Å². The molecule has 2 unspecified atom stereocenters. The third-order valence-electron chi connectivity index (χ3n) is 6.52. The van der Waals surface area contributed by atoms with E-state index < -0.39 is 24.2 Å². The number of nitrogens with zero attached hydrogens (tertiary/aromatic N) is 2. The van der Waals surface area contributed by atoms with E-state index >= 15 is 0 Å². The van der Waals surface area contributed by atoms with Crippen molar-refractivity contribution in [2.75, 3.05) is 11.9 Å². The summed E-state index contributed by atoms with van der Waals surface area (Å²) in [7, 11) is 0. The van der Waals surface area contributed by atoms with Crippen molar-refractivity contribution in [3.05, 3.63) is 108 Å². The predicted molar refractivity (Wildman–Crippen MR) is 133 cm³/mol. The fourth-order valence-corrected chi connectivity index (χ4v) is 4.55. The highest BCUT2D eigenvalue weighted by atomic mass is 19.4. The summed E-state index contributed by atoms with van der Waals surface area (Å²) in [5, 5.41) is 9.80. The second-order valence-electron chi connectivity index (χ2n) is 8.96. The second kappa shape index (κ2) is 10.1. The number of carbonyl (C=O) groups excluding carboxylic acids is 1. The number of hydrogen-bond donors (Lipinski definition) is 2. The molecule has 2 atom stereocenters. The highest BCUT2D eigenvalue weighted by molar-refractivity contribution is 5.98. The van der Waals surface area contributed by atoms with Crippen LogP contribution in [-0.2, 0) is 6.42 Å². The number of anilines is 1. The van der Waals surface area contributed by atoms with Crippen molar-refractivity contribution in [2.24, 2.45) is 0 Å². The summed E-state index contributed by atoms with van der Waals surface area (Å²) in [5.41, 5.74) is 3.59. The van der Waals surface area contributed by atoms with Crippen LogP contribution < -0.4 is 10.6 Å². The van der Waals surface area contributed by atoms with Crippen LogP contribution in [0.4, 0.5) is 23.4 Å². The van der Waals surface area contributed by atoms with Crippen LogP contribution >= 0.6 is 0 Å². The summed E-state index contributed by atoms with van der Waals surface area (Å²) < 4.78 is 55.6. The van der Waals surface area contributed by atoms with Crippen molar-refractivity contribution in [2.45, 2.75) is 31.1 Å². The smallest absolute Gasteiger partial charge is 0.363 e. The van der Waals surface area contributed by atoms with Gasteiger partial charge < -0.3 is 10.6 Å². The molecule has 1 aliphatic rings. The molecule has 37 heavy (non-hydrogen) atoms.